The number of nitrogens with zero attached hydrogens (tertiary/aromatic N) is 2. The van der Waals surface area contributed by atoms with Gasteiger partial charge in [0.2, 0.25) is 0 Å². The Labute approximate surface area is 187 Å². The molecule has 4 rings (SSSR count). The molecule has 1 N–H and O–H groups in total. The number of furan rings is 1. The predicted molar refractivity (Wildman–Crippen MR) is 129 cm³/mol. The van der Waals surface area contributed by atoms with E-state index >= 15 is 0 Å². The Bertz CT molecular complexity index is 1270. The molecule has 0 fully saturated rings. The van der Waals surface area contributed by atoms with Crippen LogP contribution in [0.1, 0.15) is 41.9 Å². The number of rotatable bonds is 7. The molecule has 5 nitrogen and oxygen atoms in total. The highest BCUT2D eigenvalue weighted by molar-refractivity contribution is 6.07. The molecule has 5 heteroatoms. The van der Waals surface area contributed by atoms with Crippen LogP contribution in [0.2, 0.25) is 0 Å². The van der Waals surface area contributed by atoms with Crippen molar-refractivity contribution in [3.05, 3.63) is 95.5 Å². The molecular weight excluding hydrogens is 398 g/mol. The summed E-state index contributed by atoms with van der Waals surface area (Å²) < 4.78 is 5.29. The van der Waals surface area contributed by atoms with E-state index in [1.165, 1.54) is 5.56 Å². The maximum absolute atomic E-state index is 13.0. The first kappa shape index (κ1) is 21.2. The van der Waals surface area contributed by atoms with Crippen LogP contribution >= 0.6 is 0 Å². The largest absolute Gasteiger partial charge is 0.465 e. The third-order valence-corrected chi connectivity index (χ3v) is 5.10. The molecule has 0 spiro atoms. The van der Waals surface area contributed by atoms with Gasteiger partial charge in [-0.2, -0.15) is 5.10 Å². The Balaban J connectivity index is 1.61. The number of hydrogen-bond donors (Lipinski definition) is 1. The minimum Gasteiger partial charge on any atom is -0.465 e. The van der Waals surface area contributed by atoms with Crippen LogP contribution in [-0.4, -0.2) is 17.1 Å². The number of pyridine rings is 1. The lowest BCUT2D eigenvalue weighted by Gasteiger charge is -2.09. The number of benzene rings is 2. The van der Waals surface area contributed by atoms with E-state index in [9.17, 15) is 4.79 Å². The van der Waals surface area contributed by atoms with Gasteiger partial charge in [-0.25, -0.2) is 10.4 Å². The van der Waals surface area contributed by atoms with Gasteiger partial charge in [0.15, 0.2) is 0 Å². The predicted octanol–water partition coefficient (Wildman–Crippen LogP) is 6.27. The zero-order valence-corrected chi connectivity index (χ0v) is 18.2. The summed E-state index contributed by atoms with van der Waals surface area (Å²) in [5.41, 5.74) is 7.83. The topological polar surface area (TPSA) is 67.5 Å². The van der Waals surface area contributed by atoms with E-state index in [-0.39, 0.29) is 5.91 Å². The fourth-order valence-corrected chi connectivity index (χ4v) is 3.53. The molecule has 0 aliphatic rings. The first-order valence-corrected chi connectivity index (χ1v) is 10.7. The van der Waals surface area contributed by atoms with Crippen LogP contribution in [0.4, 0.5) is 0 Å². The van der Waals surface area contributed by atoms with E-state index in [2.05, 4.69) is 41.7 Å². The molecule has 160 valence electrons. The molecule has 1 amide bonds. The summed E-state index contributed by atoms with van der Waals surface area (Å²) in [5.74, 6) is 0.449. The van der Waals surface area contributed by atoms with Crippen LogP contribution in [0.5, 0.6) is 0 Å². The van der Waals surface area contributed by atoms with Gasteiger partial charge in [0.05, 0.1) is 29.3 Å². The van der Waals surface area contributed by atoms with Crippen LogP contribution in [0.15, 0.2) is 88.1 Å². The SMILES string of the molecule is CCCc1ccc(-c2cc(C(=O)NN=CC(C)=Cc3ccco3)c3ccccc3n2)cc1. The lowest BCUT2D eigenvalue weighted by Crippen LogP contribution is -2.18. The van der Waals surface area contributed by atoms with Gasteiger partial charge in [-0.3, -0.25) is 4.79 Å². The van der Waals surface area contributed by atoms with Crippen molar-refractivity contribution in [2.45, 2.75) is 26.7 Å². The zero-order chi connectivity index (χ0) is 22.3. The van der Waals surface area contributed by atoms with Gasteiger partial charge in [0, 0.05) is 10.9 Å². The van der Waals surface area contributed by atoms with Crippen molar-refractivity contribution in [2.75, 3.05) is 0 Å². The lowest BCUT2D eigenvalue weighted by atomic mass is 10.0. The van der Waals surface area contributed by atoms with E-state index in [0.29, 0.717) is 5.56 Å². The standard InChI is InChI=1S/C27H25N3O2/c1-3-7-20-11-13-21(14-12-20)26-17-24(23-9-4-5-10-25(23)29-26)27(31)30-28-18-19(2)16-22-8-6-15-32-22/h4-6,8-18H,3,7H2,1-2H3,(H,30,31). The van der Waals surface area contributed by atoms with Crippen molar-refractivity contribution < 1.29 is 9.21 Å². The highest BCUT2D eigenvalue weighted by Crippen LogP contribution is 2.25. The first-order valence-electron chi connectivity index (χ1n) is 10.7. The number of para-hydroxylation sites is 1. The number of amides is 1. The number of nitrogens with one attached hydrogen (secondary N) is 1. The summed E-state index contributed by atoms with van der Waals surface area (Å²) in [6.07, 6.45) is 7.20. The van der Waals surface area contributed by atoms with Crippen LogP contribution < -0.4 is 5.43 Å². The van der Waals surface area contributed by atoms with Crippen molar-refractivity contribution >= 4 is 29.1 Å². The molecule has 0 aliphatic heterocycles. The molecule has 2 aromatic carbocycles. The molecule has 0 saturated heterocycles. The van der Waals surface area contributed by atoms with Gasteiger partial charge in [-0.05, 0) is 54.8 Å². The summed E-state index contributed by atoms with van der Waals surface area (Å²) >= 11 is 0. The molecule has 0 unspecified atom stereocenters. The monoisotopic (exact) mass is 423 g/mol. The molecule has 2 aromatic heterocycles. The molecule has 0 bridgehead atoms. The highest BCUT2D eigenvalue weighted by atomic mass is 16.3. The van der Waals surface area contributed by atoms with Crippen molar-refractivity contribution in [3.63, 3.8) is 0 Å². The molecule has 0 atom stereocenters. The van der Waals surface area contributed by atoms with E-state index < -0.39 is 0 Å². The molecular formula is C27H25N3O2. The number of carbonyl (C=O) groups is 1. The quantitative estimate of drug-likeness (QED) is 0.281. The van der Waals surface area contributed by atoms with Crippen LogP contribution in [-0.2, 0) is 6.42 Å². The molecule has 32 heavy (non-hydrogen) atoms. The Morgan fingerprint density at radius 2 is 1.91 bits per heavy atom. The average molecular weight is 424 g/mol. The minimum absolute atomic E-state index is 0.283. The van der Waals surface area contributed by atoms with Gasteiger partial charge in [-0.15, -0.1) is 0 Å². The van der Waals surface area contributed by atoms with Gasteiger partial charge in [0.25, 0.3) is 5.91 Å². The fourth-order valence-electron chi connectivity index (χ4n) is 3.53. The molecule has 4 aromatic rings. The van der Waals surface area contributed by atoms with Gasteiger partial charge >= 0.3 is 0 Å². The van der Waals surface area contributed by atoms with E-state index in [0.717, 1.165) is 46.3 Å². The Morgan fingerprint density at radius 3 is 2.66 bits per heavy atom. The molecule has 0 aliphatic carbocycles. The summed E-state index contributed by atoms with van der Waals surface area (Å²) in [5, 5.41) is 4.90. The van der Waals surface area contributed by atoms with Gasteiger partial charge in [0.1, 0.15) is 5.76 Å². The van der Waals surface area contributed by atoms with Gasteiger partial charge < -0.3 is 4.42 Å². The second-order valence-corrected chi connectivity index (χ2v) is 7.62. The zero-order valence-electron chi connectivity index (χ0n) is 18.2. The fraction of sp³-hybridized carbons (Fsp3) is 0.148. The maximum atomic E-state index is 13.0. The number of aryl methyl sites for hydroxylation is 1. The van der Waals surface area contributed by atoms with E-state index in [1.54, 1.807) is 12.5 Å². The number of hydrogen-bond acceptors (Lipinski definition) is 4. The Morgan fingerprint density at radius 1 is 1.09 bits per heavy atom. The number of fused-ring (bicyclic) bond motifs is 1. The van der Waals surface area contributed by atoms with E-state index in [4.69, 9.17) is 9.40 Å². The van der Waals surface area contributed by atoms with Crippen LogP contribution in [0, 0.1) is 0 Å². The Hall–Kier alpha value is -3.99. The third-order valence-electron chi connectivity index (χ3n) is 5.10. The lowest BCUT2D eigenvalue weighted by molar-refractivity contribution is 0.0956. The van der Waals surface area contributed by atoms with Crippen LogP contribution in [0.25, 0.3) is 28.2 Å². The van der Waals surface area contributed by atoms with Crippen LogP contribution in [0.3, 0.4) is 0 Å². The third kappa shape index (κ3) is 5.01. The summed E-state index contributed by atoms with van der Waals surface area (Å²) in [6, 6.07) is 21.5. The summed E-state index contributed by atoms with van der Waals surface area (Å²) in [7, 11) is 0. The highest BCUT2D eigenvalue weighted by Gasteiger charge is 2.13. The molecule has 0 saturated carbocycles. The van der Waals surface area contributed by atoms with Crippen molar-refractivity contribution in [3.8, 4) is 11.3 Å². The first-order chi connectivity index (χ1) is 15.6. The smallest absolute Gasteiger partial charge is 0.272 e. The minimum atomic E-state index is -0.283. The average Bonchev–Trinajstić information content (AvgIpc) is 3.32. The second kappa shape index (κ2) is 9.88. The number of allylic oxidation sites excluding steroid dienone is 1. The number of aromatic nitrogens is 1. The maximum Gasteiger partial charge on any atom is 0.272 e. The second-order valence-electron chi connectivity index (χ2n) is 7.62. The molecule has 2 heterocycles. The normalized spacial score (nSPS) is 11.9. The van der Waals surface area contributed by atoms with Crippen molar-refractivity contribution in [2.24, 2.45) is 5.10 Å². The van der Waals surface area contributed by atoms with E-state index in [1.807, 2.05) is 55.5 Å². The molecule has 0 radical (unpaired) electrons. The van der Waals surface area contributed by atoms with Crippen molar-refractivity contribution in [1.82, 2.24) is 10.4 Å². The van der Waals surface area contributed by atoms with Gasteiger partial charge in [-0.1, -0.05) is 55.8 Å². The van der Waals surface area contributed by atoms with Crippen molar-refractivity contribution in [1.29, 1.82) is 0 Å². The summed E-state index contributed by atoms with van der Waals surface area (Å²) in [4.78, 5) is 17.8. The number of carbonyl (C=O) groups excluding carboxylic acids is 1. The summed E-state index contributed by atoms with van der Waals surface area (Å²) in [6.45, 7) is 4.06. The Kier molecular flexibility index (Phi) is 6.56. The number of hydrazone groups is 1.